The second-order valence-corrected chi connectivity index (χ2v) is 8.12. The number of pyridine rings is 1. The molecule has 32 heavy (non-hydrogen) atoms. The van der Waals surface area contributed by atoms with Crippen LogP contribution in [0.4, 0.5) is 0 Å². The third kappa shape index (κ3) is 6.12. The predicted molar refractivity (Wildman–Crippen MR) is 123 cm³/mol. The monoisotopic (exact) mass is 495 g/mol. The van der Waals surface area contributed by atoms with Crippen molar-refractivity contribution < 1.29 is 14.3 Å². The Morgan fingerprint density at radius 2 is 1.81 bits per heavy atom. The van der Waals surface area contributed by atoms with Gasteiger partial charge in [0.25, 0.3) is 5.91 Å². The fourth-order valence-electron chi connectivity index (χ4n) is 2.83. The number of ether oxygens (including phenoxy) is 1. The van der Waals surface area contributed by atoms with Gasteiger partial charge in [-0.05, 0) is 56.7 Å². The van der Waals surface area contributed by atoms with Gasteiger partial charge in [0.15, 0.2) is 11.5 Å². The maximum absolute atomic E-state index is 12.5. The maximum atomic E-state index is 12.5. The molecule has 2 amide bonds. The first kappa shape index (κ1) is 23.8. The van der Waals surface area contributed by atoms with Crippen LogP contribution in [0.15, 0.2) is 36.4 Å². The Balaban J connectivity index is 1.50. The summed E-state index contributed by atoms with van der Waals surface area (Å²) >= 11 is 18.0. The summed E-state index contributed by atoms with van der Waals surface area (Å²) in [5.74, 6) is -0.117. The highest BCUT2D eigenvalue weighted by Gasteiger charge is 2.16. The van der Waals surface area contributed by atoms with Crippen molar-refractivity contribution in [2.75, 3.05) is 6.61 Å². The molecule has 0 spiro atoms. The van der Waals surface area contributed by atoms with E-state index in [1.54, 1.807) is 35.0 Å². The lowest BCUT2D eigenvalue weighted by molar-refractivity contribution is -0.122. The van der Waals surface area contributed by atoms with Crippen molar-refractivity contribution in [1.82, 2.24) is 25.6 Å². The molecule has 11 heteroatoms. The van der Waals surface area contributed by atoms with Crippen molar-refractivity contribution in [3.63, 3.8) is 0 Å². The zero-order valence-electron chi connectivity index (χ0n) is 17.3. The Kier molecular flexibility index (Phi) is 7.95. The van der Waals surface area contributed by atoms with Gasteiger partial charge in [-0.1, -0.05) is 34.8 Å². The quantitative estimate of drug-likeness (QED) is 0.372. The van der Waals surface area contributed by atoms with Crippen LogP contribution in [0.3, 0.4) is 0 Å². The molecule has 0 unspecified atom stereocenters. The van der Waals surface area contributed by atoms with Crippen LogP contribution in [-0.4, -0.2) is 33.2 Å². The number of hydrogen-bond acceptors (Lipinski definition) is 5. The molecule has 0 aliphatic carbocycles. The smallest absolute Gasteiger partial charge is 0.289 e. The summed E-state index contributed by atoms with van der Waals surface area (Å²) in [7, 11) is 0. The highest BCUT2D eigenvalue weighted by molar-refractivity contribution is 6.35. The molecule has 0 aliphatic rings. The molecule has 0 fully saturated rings. The summed E-state index contributed by atoms with van der Waals surface area (Å²) in [6.45, 7) is 4.00. The number of hydrogen-bond donors (Lipinski definition) is 2. The number of nitrogens with one attached hydrogen (secondary N) is 2. The van der Waals surface area contributed by atoms with Crippen LogP contribution >= 0.6 is 34.8 Å². The summed E-state index contributed by atoms with van der Waals surface area (Å²) < 4.78 is 7.13. The van der Waals surface area contributed by atoms with Gasteiger partial charge in [-0.2, -0.15) is 5.10 Å². The molecular weight excluding hydrogens is 477 g/mol. The molecule has 168 valence electrons. The Morgan fingerprint density at radius 1 is 1.03 bits per heavy atom. The number of hydrazine groups is 1. The molecule has 0 radical (unpaired) electrons. The molecule has 2 heterocycles. The average molecular weight is 497 g/mol. The molecule has 3 aromatic rings. The molecule has 0 bridgehead atoms. The van der Waals surface area contributed by atoms with Gasteiger partial charge in [0.05, 0.1) is 22.3 Å². The van der Waals surface area contributed by atoms with E-state index in [0.29, 0.717) is 28.0 Å². The second kappa shape index (κ2) is 10.7. The summed E-state index contributed by atoms with van der Waals surface area (Å²) in [6, 6.07) is 9.99. The van der Waals surface area contributed by atoms with Gasteiger partial charge in [-0.15, -0.1) is 0 Å². The Morgan fingerprint density at radius 3 is 2.50 bits per heavy atom. The number of halogens is 3. The van der Waals surface area contributed by atoms with Crippen molar-refractivity contribution in [3.8, 4) is 11.6 Å². The maximum Gasteiger partial charge on any atom is 0.289 e. The third-order valence-electron chi connectivity index (χ3n) is 4.29. The fourth-order valence-corrected chi connectivity index (χ4v) is 3.48. The fraction of sp³-hybridized carbons (Fsp3) is 0.238. The van der Waals surface area contributed by atoms with Crippen LogP contribution in [0.25, 0.3) is 5.82 Å². The van der Waals surface area contributed by atoms with Crippen LogP contribution in [0.2, 0.25) is 15.1 Å². The molecule has 0 atom stereocenters. The molecule has 0 aliphatic heterocycles. The summed E-state index contributed by atoms with van der Waals surface area (Å²) in [4.78, 5) is 28.8. The highest BCUT2D eigenvalue weighted by atomic mass is 35.5. The zero-order chi connectivity index (χ0) is 23.3. The normalized spacial score (nSPS) is 10.7. The van der Waals surface area contributed by atoms with E-state index in [-0.39, 0.29) is 23.7 Å². The Labute approximate surface area is 199 Å². The summed E-state index contributed by atoms with van der Waals surface area (Å²) in [6.07, 6.45) is 0.533. The van der Waals surface area contributed by atoms with E-state index < -0.39 is 11.8 Å². The molecule has 3 rings (SSSR count). The lowest BCUT2D eigenvalue weighted by Gasteiger charge is -2.11. The predicted octanol–water partition coefficient (Wildman–Crippen LogP) is 4.46. The SMILES string of the molecule is Cc1cc(C)n(-c2ccc(Cl)c(C(=O)NNC(=O)CCCOc3ccc(Cl)cc3Cl)n2)n1. The highest BCUT2D eigenvalue weighted by Crippen LogP contribution is 2.27. The lowest BCUT2D eigenvalue weighted by atomic mass is 10.3. The van der Waals surface area contributed by atoms with E-state index >= 15 is 0 Å². The average Bonchev–Trinajstić information content (AvgIpc) is 3.09. The zero-order valence-corrected chi connectivity index (χ0v) is 19.6. The standard InChI is InChI=1S/C21H20Cl3N5O3/c1-12-10-13(2)29(28-12)18-8-6-15(23)20(25-18)21(31)27-26-19(30)4-3-9-32-17-7-5-14(22)11-16(17)24/h5-8,10-11H,3-4,9H2,1-2H3,(H,26,30)(H,27,31). The van der Waals surface area contributed by atoms with E-state index in [9.17, 15) is 9.59 Å². The number of rotatable bonds is 7. The van der Waals surface area contributed by atoms with Gasteiger partial charge in [0.1, 0.15) is 5.75 Å². The number of carbonyl (C=O) groups is 2. The van der Waals surface area contributed by atoms with Crippen LogP contribution in [0, 0.1) is 13.8 Å². The minimum atomic E-state index is -0.643. The van der Waals surface area contributed by atoms with Gasteiger partial charge < -0.3 is 4.74 Å². The van der Waals surface area contributed by atoms with Crippen molar-refractivity contribution in [2.24, 2.45) is 0 Å². The largest absolute Gasteiger partial charge is 0.492 e. The lowest BCUT2D eigenvalue weighted by Crippen LogP contribution is -2.42. The number of carbonyl (C=O) groups excluding carboxylic acids is 2. The number of benzene rings is 1. The van der Waals surface area contributed by atoms with Crippen LogP contribution in [0.5, 0.6) is 5.75 Å². The number of nitrogens with zero attached hydrogens (tertiary/aromatic N) is 3. The van der Waals surface area contributed by atoms with Gasteiger partial charge in [0.2, 0.25) is 5.91 Å². The second-order valence-electron chi connectivity index (χ2n) is 6.87. The van der Waals surface area contributed by atoms with E-state index in [1.807, 2.05) is 19.9 Å². The molecule has 0 saturated heterocycles. The van der Waals surface area contributed by atoms with Gasteiger partial charge in [0, 0.05) is 17.1 Å². The number of aromatic nitrogens is 3. The van der Waals surface area contributed by atoms with Crippen LogP contribution < -0.4 is 15.6 Å². The topological polar surface area (TPSA) is 98.1 Å². The van der Waals surface area contributed by atoms with Crippen molar-refractivity contribution in [3.05, 3.63) is 68.5 Å². The van der Waals surface area contributed by atoms with E-state index in [1.165, 1.54) is 0 Å². The molecule has 8 nitrogen and oxygen atoms in total. The first-order valence-electron chi connectivity index (χ1n) is 9.62. The number of amides is 2. The van der Waals surface area contributed by atoms with Gasteiger partial charge in [-0.3, -0.25) is 20.4 Å². The van der Waals surface area contributed by atoms with E-state index in [4.69, 9.17) is 39.5 Å². The van der Waals surface area contributed by atoms with Crippen molar-refractivity contribution in [2.45, 2.75) is 26.7 Å². The minimum Gasteiger partial charge on any atom is -0.492 e. The summed E-state index contributed by atoms with van der Waals surface area (Å²) in [5.41, 5.74) is 6.31. The first-order valence-corrected chi connectivity index (χ1v) is 10.7. The van der Waals surface area contributed by atoms with E-state index in [0.717, 1.165) is 11.4 Å². The minimum absolute atomic E-state index is 0.0299. The van der Waals surface area contributed by atoms with Gasteiger partial charge >= 0.3 is 0 Å². The molecule has 2 aromatic heterocycles. The molecule has 1 aromatic carbocycles. The first-order chi connectivity index (χ1) is 15.2. The molecular formula is C21H20Cl3N5O3. The molecule has 0 saturated carbocycles. The third-order valence-corrected chi connectivity index (χ3v) is 5.12. The molecule has 2 N–H and O–H groups in total. The van der Waals surface area contributed by atoms with Crippen molar-refractivity contribution in [1.29, 1.82) is 0 Å². The number of aryl methyl sites for hydroxylation is 2. The van der Waals surface area contributed by atoms with Crippen LogP contribution in [-0.2, 0) is 4.79 Å². The van der Waals surface area contributed by atoms with Crippen LogP contribution in [0.1, 0.15) is 34.7 Å². The summed E-state index contributed by atoms with van der Waals surface area (Å²) in [5, 5.41) is 5.39. The van der Waals surface area contributed by atoms with E-state index in [2.05, 4.69) is 20.9 Å². The van der Waals surface area contributed by atoms with Gasteiger partial charge in [-0.25, -0.2) is 9.67 Å². The Bertz CT molecular complexity index is 1150. The van der Waals surface area contributed by atoms with Crippen molar-refractivity contribution >= 4 is 46.6 Å². The Hall–Kier alpha value is -2.81.